The molecule has 0 fully saturated rings. The lowest BCUT2D eigenvalue weighted by atomic mass is 9.94. The summed E-state index contributed by atoms with van der Waals surface area (Å²) in [7, 11) is 3.31. The Morgan fingerprint density at radius 2 is 1.82 bits per heavy atom. The lowest BCUT2D eigenvalue weighted by Crippen LogP contribution is -2.33. The van der Waals surface area contributed by atoms with E-state index in [1.807, 2.05) is 30.3 Å². The fourth-order valence-electron chi connectivity index (χ4n) is 3.52. The van der Waals surface area contributed by atoms with E-state index < -0.39 is 0 Å². The molecule has 2 N–H and O–H groups in total. The number of rotatable bonds is 3. The van der Waals surface area contributed by atoms with Crippen LogP contribution in [0, 0.1) is 0 Å². The molecule has 4 rings (SSSR count). The average molecular weight is 397 g/mol. The van der Waals surface area contributed by atoms with Crippen molar-refractivity contribution < 1.29 is 9.47 Å². The number of hydrazone groups is 1. The molecular weight excluding hydrogens is 372 g/mol. The lowest BCUT2D eigenvalue weighted by molar-refractivity contribution is 0.348. The van der Waals surface area contributed by atoms with Crippen LogP contribution >= 0.6 is 11.8 Å². The van der Waals surface area contributed by atoms with Crippen LogP contribution < -0.4 is 15.2 Å². The highest BCUT2D eigenvalue weighted by Crippen LogP contribution is 2.35. The van der Waals surface area contributed by atoms with Crippen LogP contribution in [0.2, 0.25) is 0 Å². The molecule has 2 aromatic carbocycles. The van der Waals surface area contributed by atoms with Crippen LogP contribution in [-0.2, 0) is 6.42 Å². The molecule has 2 heterocycles. The minimum absolute atomic E-state index is 0.174. The lowest BCUT2D eigenvalue weighted by Gasteiger charge is -2.24. The quantitative estimate of drug-likeness (QED) is 0.805. The van der Waals surface area contributed by atoms with Crippen LogP contribution in [0.1, 0.15) is 23.6 Å². The Balaban J connectivity index is 1.91. The van der Waals surface area contributed by atoms with Crippen LogP contribution in [0.5, 0.6) is 11.5 Å². The van der Waals surface area contributed by atoms with Crippen LogP contribution in [0.25, 0.3) is 0 Å². The number of nitrogens with zero attached hydrogens (tertiary/aromatic N) is 3. The molecule has 7 heteroatoms. The number of benzene rings is 2. The Morgan fingerprint density at radius 3 is 2.46 bits per heavy atom. The van der Waals surface area contributed by atoms with Crippen molar-refractivity contribution >= 4 is 28.3 Å². The van der Waals surface area contributed by atoms with E-state index in [-0.39, 0.29) is 6.04 Å². The van der Waals surface area contributed by atoms with Crippen molar-refractivity contribution in [1.29, 1.82) is 0 Å². The van der Waals surface area contributed by atoms with Gasteiger partial charge in [0.2, 0.25) is 0 Å². The highest BCUT2D eigenvalue weighted by molar-refractivity contribution is 8.14. The number of amidine groups is 1. The minimum atomic E-state index is 0.174. The van der Waals surface area contributed by atoms with Gasteiger partial charge < -0.3 is 15.2 Å². The number of fused-ring (bicyclic) bond motifs is 1. The molecule has 0 aromatic heterocycles. The van der Waals surface area contributed by atoms with Crippen molar-refractivity contribution in [3.63, 3.8) is 0 Å². The van der Waals surface area contributed by atoms with Gasteiger partial charge >= 0.3 is 0 Å². The number of aliphatic imine (C=N–C) groups is 1. The fraction of sp³-hybridized carbons (Fsp3) is 0.333. The van der Waals surface area contributed by atoms with Crippen molar-refractivity contribution in [2.45, 2.75) is 19.4 Å². The van der Waals surface area contributed by atoms with E-state index in [1.54, 1.807) is 26.0 Å². The molecule has 0 spiro atoms. The van der Waals surface area contributed by atoms with Crippen molar-refractivity contribution in [3.8, 4) is 11.5 Å². The van der Waals surface area contributed by atoms with Gasteiger partial charge in [0.1, 0.15) is 0 Å². The molecule has 0 saturated carbocycles. The third-order valence-corrected chi connectivity index (χ3v) is 5.92. The zero-order valence-corrected chi connectivity index (χ0v) is 17.1. The summed E-state index contributed by atoms with van der Waals surface area (Å²) in [5.41, 5.74) is 10.7. The third-order valence-electron chi connectivity index (χ3n) is 4.95. The molecule has 146 valence electrons. The smallest absolute Gasteiger partial charge is 0.180 e. The van der Waals surface area contributed by atoms with Gasteiger partial charge in [-0.25, -0.2) is 5.01 Å². The zero-order valence-electron chi connectivity index (χ0n) is 16.3. The monoisotopic (exact) mass is 396 g/mol. The van der Waals surface area contributed by atoms with Gasteiger partial charge in [-0.1, -0.05) is 23.9 Å². The molecule has 28 heavy (non-hydrogen) atoms. The highest BCUT2D eigenvalue weighted by Gasteiger charge is 2.29. The number of thioether (sulfide) groups is 1. The standard InChI is InChI=1S/C21H24N4O2S/c1-13-10-15-11-18(26-2)19(27-3)12-17(15)20(14-4-6-16(22)7-5-14)24-25(13)21-23-8-9-28-21/h4-7,11-13H,8-10,22H2,1-3H3. The number of anilines is 1. The first-order valence-electron chi connectivity index (χ1n) is 9.27. The molecule has 1 atom stereocenters. The number of nitrogens with two attached hydrogens (primary N) is 1. The fourth-order valence-corrected chi connectivity index (χ4v) is 4.42. The van der Waals surface area contributed by atoms with E-state index >= 15 is 0 Å². The molecular formula is C21H24N4O2S. The SMILES string of the molecule is COc1cc2c(cc1OC)C(c1ccc(N)cc1)=NN(C1=NCCS1)C(C)C2. The van der Waals surface area contributed by atoms with E-state index in [9.17, 15) is 0 Å². The van der Waals surface area contributed by atoms with Crippen molar-refractivity contribution in [2.75, 3.05) is 32.3 Å². The number of hydrogen-bond acceptors (Lipinski definition) is 7. The zero-order chi connectivity index (χ0) is 19.7. The molecule has 2 aliphatic rings. The van der Waals surface area contributed by atoms with E-state index in [2.05, 4.69) is 23.0 Å². The van der Waals surface area contributed by atoms with E-state index in [4.69, 9.17) is 20.3 Å². The second-order valence-corrected chi connectivity index (χ2v) is 7.91. The third kappa shape index (κ3) is 3.42. The summed E-state index contributed by atoms with van der Waals surface area (Å²) in [5, 5.41) is 8.11. The number of nitrogen functional groups attached to an aromatic ring is 1. The first kappa shape index (κ1) is 18.7. The number of hydrogen-bond donors (Lipinski definition) is 1. The van der Waals surface area contributed by atoms with E-state index in [1.165, 1.54) is 5.56 Å². The summed E-state index contributed by atoms with van der Waals surface area (Å²) in [6.07, 6.45) is 0.831. The molecule has 0 radical (unpaired) electrons. The molecule has 2 aromatic rings. The Bertz CT molecular complexity index is 940. The molecule has 2 aliphatic heterocycles. The first-order chi connectivity index (χ1) is 13.6. The second kappa shape index (κ2) is 7.75. The summed E-state index contributed by atoms with van der Waals surface area (Å²) in [6, 6.07) is 12.1. The summed E-state index contributed by atoms with van der Waals surface area (Å²) >= 11 is 1.76. The largest absolute Gasteiger partial charge is 0.493 e. The van der Waals surface area contributed by atoms with Gasteiger partial charge in [-0.15, -0.1) is 0 Å². The van der Waals surface area contributed by atoms with E-state index in [0.717, 1.165) is 52.2 Å². The van der Waals surface area contributed by atoms with Crippen LogP contribution in [-0.4, -0.2) is 48.4 Å². The molecule has 0 bridgehead atoms. The first-order valence-corrected chi connectivity index (χ1v) is 10.3. The Hall–Kier alpha value is -2.67. The van der Waals surface area contributed by atoms with E-state index in [0.29, 0.717) is 5.75 Å². The number of methoxy groups -OCH3 is 2. The van der Waals surface area contributed by atoms with Crippen LogP contribution in [0.3, 0.4) is 0 Å². The maximum absolute atomic E-state index is 5.90. The summed E-state index contributed by atoms with van der Waals surface area (Å²) in [6.45, 7) is 3.02. The maximum atomic E-state index is 5.90. The predicted molar refractivity (Wildman–Crippen MR) is 116 cm³/mol. The van der Waals surface area contributed by atoms with Gasteiger partial charge in [0, 0.05) is 22.6 Å². The molecule has 6 nitrogen and oxygen atoms in total. The molecule has 0 aliphatic carbocycles. The Labute approximate surface area is 169 Å². The Morgan fingerprint density at radius 1 is 1.11 bits per heavy atom. The maximum Gasteiger partial charge on any atom is 0.180 e. The van der Waals surface area contributed by atoms with Gasteiger partial charge in [-0.05, 0) is 43.2 Å². The van der Waals surface area contributed by atoms with Crippen LogP contribution in [0.4, 0.5) is 5.69 Å². The van der Waals surface area contributed by atoms with Gasteiger partial charge in [-0.3, -0.25) is 4.99 Å². The van der Waals surface area contributed by atoms with Crippen molar-refractivity contribution in [2.24, 2.45) is 10.1 Å². The summed E-state index contributed by atoms with van der Waals surface area (Å²) in [4.78, 5) is 4.65. The van der Waals surface area contributed by atoms with Gasteiger partial charge in [0.15, 0.2) is 16.7 Å². The second-order valence-electron chi connectivity index (χ2n) is 6.85. The average Bonchev–Trinajstić information content (AvgIpc) is 3.19. The van der Waals surface area contributed by atoms with Gasteiger partial charge in [0.05, 0.1) is 32.5 Å². The topological polar surface area (TPSA) is 72.4 Å². The molecule has 0 amide bonds. The van der Waals surface area contributed by atoms with Crippen molar-refractivity contribution in [1.82, 2.24) is 5.01 Å². The Kier molecular flexibility index (Phi) is 5.17. The predicted octanol–water partition coefficient (Wildman–Crippen LogP) is 3.39. The van der Waals surface area contributed by atoms with Gasteiger partial charge in [-0.2, -0.15) is 5.10 Å². The minimum Gasteiger partial charge on any atom is -0.493 e. The van der Waals surface area contributed by atoms with Crippen molar-refractivity contribution in [3.05, 3.63) is 53.1 Å². The van der Waals surface area contributed by atoms with Crippen LogP contribution in [0.15, 0.2) is 46.5 Å². The number of ether oxygens (including phenoxy) is 2. The van der Waals surface area contributed by atoms with Gasteiger partial charge in [0.25, 0.3) is 0 Å². The normalized spacial score (nSPS) is 18.8. The highest BCUT2D eigenvalue weighted by atomic mass is 32.2. The molecule has 1 unspecified atom stereocenters. The summed E-state index contributed by atoms with van der Waals surface area (Å²) < 4.78 is 11.1. The summed E-state index contributed by atoms with van der Waals surface area (Å²) in [5.74, 6) is 2.42. The molecule has 0 saturated heterocycles.